The molecule has 1 heterocycles. The van der Waals surface area contributed by atoms with Gasteiger partial charge < -0.3 is 9.84 Å². The molecule has 0 saturated heterocycles. The number of carbonyl (C=O) groups is 1. The van der Waals surface area contributed by atoms with Crippen LogP contribution in [0.5, 0.6) is 5.75 Å². The SMILES string of the molecule is CONC1=CC2(CCC2)Oc2c(C)c(C)c(CC(=O)O)c(C)c21. The van der Waals surface area contributed by atoms with Gasteiger partial charge in [-0.15, -0.1) is 0 Å². The van der Waals surface area contributed by atoms with Crippen LogP contribution in [0.3, 0.4) is 0 Å². The minimum atomic E-state index is -0.826. The molecular formula is C18H23NO4. The Kier molecular flexibility index (Phi) is 3.84. The van der Waals surface area contributed by atoms with E-state index in [2.05, 4.69) is 11.6 Å². The van der Waals surface area contributed by atoms with Gasteiger partial charge in [0.2, 0.25) is 0 Å². The number of hydrogen-bond acceptors (Lipinski definition) is 4. The molecule has 1 aliphatic carbocycles. The predicted octanol–water partition coefficient (Wildman–Crippen LogP) is 3.05. The normalized spacial score (nSPS) is 17.8. The van der Waals surface area contributed by atoms with Crippen molar-refractivity contribution >= 4 is 11.7 Å². The first-order valence-corrected chi connectivity index (χ1v) is 7.94. The smallest absolute Gasteiger partial charge is 0.307 e. The summed E-state index contributed by atoms with van der Waals surface area (Å²) in [6.45, 7) is 5.93. The van der Waals surface area contributed by atoms with E-state index >= 15 is 0 Å². The summed E-state index contributed by atoms with van der Waals surface area (Å²) in [6, 6.07) is 0. The lowest BCUT2D eigenvalue weighted by molar-refractivity contribution is -0.136. The monoisotopic (exact) mass is 317 g/mol. The van der Waals surface area contributed by atoms with Gasteiger partial charge in [0.1, 0.15) is 11.4 Å². The fourth-order valence-corrected chi connectivity index (χ4v) is 3.58. The highest BCUT2D eigenvalue weighted by molar-refractivity contribution is 5.80. The van der Waals surface area contributed by atoms with Gasteiger partial charge in [0.25, 0.3) is 0 Å². The average molecular weight is 317 g/mol. The van der Waals surface area contributed by atoms with Crippen LogP contribution in [0.25, 0.3) is 5.70 Å². The second-order valence-electron chi connectivity index (χ2n) is 6.51. The van der Waals surface area contributed by atoms with Crippen molar-refractivity contribution in [3.8, 4) is 5.75 Å². The van der Waals surface area contributed by atoms with Crippen LogP contribution < -0.4 is 10.2 Å². The third-order valence-electron chi connectivity index (χ3n) is 5.13. The van der Waals surface area contributed by atoms with E-state index in [0.29, 0.717) is 0 Å². The Balaban J connectivity index is 2.20. The van der Waals surface area contributed by atoms with Crippen LogP contribution in [-0.2, 0) is 16.1 Å². The highest BCUT2D eigenvalue weighted by Crippen LogP contribution is 2.48. The maximum Gasteiger partial charge on any atom is 0.307 e. The summed E-state index contributed by atoms with van der Waals surface area (Å²) in [4.78, 5) is 16.4. The van der Waals surface area contributed by atoms with E-state index in [1.54, 1.807) is 7.11 Å². The number of benzene rings is 1. The first-order valence-electron chi connectivity index (χ1n) is 7.94. The van der Waals surface area contributed by atoms with Crippen LogP contribution in [0, 0.1) is 20.8 Å². The number of rotatable bonds is 4. The summed E-state index contributed by atoms with van der Waals surface area (Å²) in [7, 11) is 1.58. The van der Waals surface area contributed by atoms with E-state index in [1.165, 1.54) is 0 Å². The van der Waals surface area contributed by atoms with Gasteiger partial charge in [0, 0.05) is 5.56 Å². The van der Waals surface area contributed by atoms with E-state index < -0.39 is 5.97 Å². The first-order chi connectivity index (χ1) is 10.9. The minimum Gasteiger partial charge on any atom is -0.482 e. The van der Waals surface area contributed by atoms with Crippen molar-refractivity contribution in [2.24, 2.45) is 0 Å². The van der Waals surface area contributed by atoms with Gasteiger partial charge in [-0.05, 0) is 68.4 Å². The fourth-order valence-electron chi connectivity index (χ4n) is 3.58. The standard InChI is InChI=1S/C18H23NO4/c1-10-11(2)17-16(12(3)13(10)8-15(20)21)14(19-22-4)9-18(23-17)6-5-7-18/h9,19H,5-8H2,1-4H3,(H,20,21). The number of ether oxygens (including phenoxy) is 1. The van der Waals surface area contributed by atoms with Gasteiger partial charge in [0.05, 0.1) is 19.2 Å². The molecule has 0 aromatic heterocycles. The van der Waals surface area contributed by atoms with Gasteiger partial charge in [-0.25, -0.2) is 0 Å². The third-order valence-corrected chi connectivity index (χ3v) is 5.13. The quantitative estimate of drug-likeness (QED) is 0.836. The Bertz CT molecular complexity index is 702. The maximum absolute atomic E-state index is 11.2. The molecule has 1 aliphatic heterocycles. The summed E-state index contributed by atoms with van der Waals surface area (Å²) in [5.41, 5.74) is 8.32. The van der Waals surface area contributed by atoms with Crippen molar-refractivity contribution in [1.82, 2.24) is 5.48 Å². The van der Waals surface area contributed by atoms with Gasteiger partial charge in [-0.2, -0.15) is 0 Å². The third kappa shape index (κ3) is 2.49. The molecule has 0 amide bonds. The van der Waals surface area contributed by atoms with Crippen molar-refractivity contribution in [3.05, 3.63) is 33.9 Å². The molecule has 1 aromatic carbocycles. The molecule has 23 heavy (non-hydrogen) atoms. The van der Waals surface area contributed by atoms with Gasteiger partial charge in [-0.3, -0.25) is 15.1 Å². The Hall–Kier alpha value is -2.01. The summed E-state index contributed by atoms with van der Waals surface area (Å²) >= 11 is 0. The number of carboxylic acid groups (broad SMARTS) is 1. The van der Waals surface area contributed by atoms with Crippen molar-refractivity contribution in [2.75, 3.05) is 7.11 Å². The van der Waals surface area contributed by atoms with Crippen LogP contribution in [0.4, 0.5) is 0 Å². The largest absolute Gasteiger partial charge is 0.482 e. The zero-order chi connectivity index (χ0) is 16.8. The lowest BCUT2D eigenvalue weighted by atomic mass is 9.76. The average Bonchev–Trinajstić information content (AvgIpc) is 2.47. The molecule has 3 rings (SSSR count). The van der Waals surface area contributed by atoms with E-state index in [4.69, 9.17) is 9.57 Å². The van der Waals surface area contributed by atoms with Gasteiger partial charge in [0.15, 0.2) is 0 Å². The summed E-state index contributed by atoms with van der Waals surface area (Å²) in [5.74, 6) is 0.0314. The van der Waals surface area contributed by atoms with Crippen LogP contribution in [-0.4, -0.2) is 23.8 Å². The molecule has 1 fully saturated rings. The topological polar surface area (TPSA) is 67.8 Å². The van der Waals surface area contributed by atoms with Crippen LogP contribution >= 0.6 is 0 Å². The summed E-state index contributed by atoms with van der Waals surface area (Å²) in [5, 5.41) is 9.22. The molecule has 2 aliphatic rings. The second kappa shape index (κ2) is 5.57. The van der Waals surface area contributed by atoms with Crippen LogP contribution in [0.15, 0.2) is 6.08 Å². The zero-order valence-electron chi connectivity index (χ0n) is 14.1. The van der Waals surface area contributed by atoms with Crippen molar-refractivity contribution in [2.45, 2.75) is 52.1 Å². The molecule has 0 unspecified atom stereocenters. The lowest BCUT2D eigenvalue weighted by Gasteiger charge is -2.44. The molecule has 1 aromatic rings. The van der Waals surface area contributed by atoms with Crippen molar-refractivity contribution < 1.29 is 19.5 Å². The number of hydrogen-bond donors (Lipinski definition) is 2. The number of hydroxylamine groups is 1. The molecule has 0 atom stereocenters. The second-order valence-corrected chi connectivity index (χ2v) is 6.51. The van der Waals surface area contributed by atoms with Gasteiger partial charge >= 0.3 is 5.97 Å². The highest BCUT2D eigenvalue weighted by atomic mass is 16.6. The highest BCUT2D eigenvalue weighted by Gasteiger charge is 2.42. The Morgan fingerprint density at radius 3 is 2.52 bits per heavy atom. The van der Waals surface area contributed by atoms with Crippen LogP contribution in [0.1, 0.15) is 47.1 Å². The first kappa shape index (κ1) is 15.9. The molecule has 5 heteroatoms. The Morgan fingerprint density at radius 1 is 1.30 bits per heavy atom. The summed E-state index contributed by atoms with van der Waals surface area (Å²) in [6.07, 6.45) is 5.25. The minimum absolute atomic E-state index is 0.0111. The maximum atomic E-state index is 11.2. The lowest BCUT2D eigenvalue weighted by Crippen LogP contribution is -2.44. The Labute approximate surface area is 136 Å². The van der Waals surface area contributed by atoms with Crippen LogP contribution in [0.2, 0.25) is 0 Å². The molecule has 124 valence electrons. The van der Waals surface area contributed by atoms with E-state index in [9.17, 15) is 9.90 Å². The van der Waals surface area contributed by atoms with E-state index in [-0.39, 0.29) is 12.0 Å². The molecule has 5 nitrogen and oxygen atoms in total. The number of fused-ring (bicyclic) bond motifs is 1. The fraction of sp³-hybridized carbons (Fsp3) is 0.500. The Morgan fingerprint density at radius 2 is 2.00 bits per heavy atom. The van der Waals surface area contributed by atoms with E-state index in [1.807, 2.05) is 20.8 Å². The number of aliphatic carboxylic acids is 1. The number of nitrogens with one attached hydrogen (secondary N) is 1. The zero-order valence-corrected chi connectivity index (χ0v) is 14.1. The molecule has 2 N–H and O–H groups in total. The van der Waals surface area contributed by atoms with Gasteiger partial charge in [-0.1, -0.05) is 0 Å². The number of carboxylic acids is 1. The van der Waals surface area contributed by atoms with Crippen molar-refractivity contribution in [3.63, 3.8) is 0 Å². The van der Waals surface area contributed by atoms with E-state index in [0.717, 1.165) is 58.5 Å². The molecule has 1 saturated carbocycles. The molecule has 0 bridgehead atoms. The van der Waals surface area contributed by atoms with Crippen molar-refractivity contribution in [1.29, 1.82) is 0 Å². The summed E-state index contributed by atoms with van der Waals surface area (Å²) < 4.78 is 6.37. The molecule has 1 spiro atoms. The molecular weight excluding hydrogens is 294 g/mol. The molecule has 0 radical (unpaired) electrons. The predicted molar refractivity (Wildman–Crippen MR) is 87.3 cm³/mol.